The van der Waals surface area contributed by atoms with E-state index in [9.17, 15) is 22.8 Å². The fraction of sp³-hybridized carbons (Fsp3) is 0.571. The molecule has 9 heteroatoms. The summed E-state index contributed by atoms with van der Waals surface area (Å²) in [5.41, 5.74) is 0.441. The van der Waals surface area contributed by atoms with Crippen LogP contribution in [0.1, 0.15) is 49.4 Å². The topological polar surface area (TPSA) is 104 Å². The van der Waals surface area contributed by atoms with Crippen LogP contribution < -0.4 is 4.72 Å². The highest BCUT2D eigenvalue weighted by Gasteiger charge is 2.31. The molecule has 0 atom stereocenters. The molecule has 1 aromatic rings. The van der Waals surface area contributed by atoms with E-state index in [2.05, 4.69) is 4.72 Å². The van der Waals surface area contributed by atoms with Crippen LogP contribution in [0.2, 0.25) is 0 Å². The Balaban J connectivity index is 1.43. The number of Topliss-reactive ketones (excluding diaryl/α,β-unsaturated/α-hetero) is 1. The number of likely N-dealkylation sites (tertiary alicyclic amines) is 2. The number of carbonyl (C=O) groups excluding carboxylic acids is 3. The molecule has 0 unspecified atom stereocenters. The van der Waals surface area contributed by atoms with Gasteiger partial charge in [-0.25, -0.2) is 13.1 Å². The van der Waals surface area contributed by atoms with Crippen molar-refractivity contribution in [3.63, 3.8) is 0 Å². The van der Waals surface area contributed by atoms with E-state index in [-0.39, 0.29) is 41.4 Å². The SMILES string of the molecule is CC(=O)c1ccc(S(=O)(=O)NCCC(=O)N2CCC(C(=O)N3CCCC3)CC2)cc1. The van der Waals surface area contributed by atoms with Gasteiger partial charge in [0.15, 0.2) is 5.78 Å². The van der Waals surface area contributed by atoms with Gasteiger partial charge in [-0.3, -0.25) is 14.4 Å². The lowest BCUT2D eigenvalue weighted by atomic mass is 9.95. The van der Waals surface area contributed by atoms with Crippen LogP contribution in [0.25, 0.3) is 0 Å². The first-order valence-corrected chi connectivity index (χ1v) is 11.9. The molecule has 3 rings (SSSR count). The maximum Gasteiger partial charge on any atom is 0.240 e. The van der Waals surface area contributed by atoms with E-state index in [0.717, 1.165) is 25.9 Å². The summed E-state index contributed by atoms with van der Waals surface area (Å²) in [4.78, 5) is 39.9. The minimum atomic E-state index is -3.74. The van der Waals surface area contributed by atoms with Gasteiger partial charge in [0.1, 0.15) is 0 Å². The molecular formula is C21H29N3O5S. The number of amides is 2. The van der Waals surface area contributed by atoms with Crippen LogP contribution in [0.4, 0.5) is 0 Å². The number of nitrogens with zero attached hydrogens (tertiary/aromatic N) is 2. The van der Waals surface area contributed by atoms with Crippen LogP contribution in [0.15, 0.2) is 29.2 Å². The highest BCUT2D eigenvalue weighted by atomic mass is 32.2. The summed E-state index contributed by atoms with van der Waals surface area (Å²) in [7, 11) is -3.74. The van der Waals surface area contributed by atoms with Gasteiger partial charge in [-0.2, -0.15) is 0 Å². The summed E-state index contributed by atoms with van der Waals surface area (Å²) in [6, 6.07) is 5.69. The molecule has 2 heterocycles. The maximum absolute atomic E-state index is 12.5. The summed E-state index contributed by atoms with van der Waals surface area (Å²) in [6.07, 6.45) is 3.53. The summed E-state index contributed by atoms with van der Waals surface area (Å²) >= 11 is 0. The average molecular weight is 436 g/mol. The van der Waals surface area contributed by atoms with Crippen molar-refractivity contribution >= 4 is 27.6 Å². The predicted octanol–water partition coefficient (Wildman–Crippen LogP) is 1.42. The van der Waals surface area contributed by atoms with Crippen molar-refractivity contribution in [2.24, 2.45) is 5.92 Å². The molecule has 30 heavy (non-hydrogen) atoms. The molecule has 0 spiro atoms. The normalized spacial score (nSPS) is 17.9. The molecule has 1 aromatic carbocycles. The first-order valence-electron chi connectivity index (χ1n) is 10.4. The average Bonchev–Trinajstić information content (AvgIpc) is 3.28. The fourth-order valence-corrected chi connectivity index (χ4v) is 5.01. The number of sulfonamides is 1. The van der Waals surface area contributed by atoms with Crippen molar-refractivity contribution < 1.29 is 22.8 Å². The largest absolute Gasteiger partial charge is 0.343 e. The first kappa shape index (κ1) is 22.4. The summed E-state index contributed by atoms with van der Waals surface area (Å²) in [5, 5.41) is 0. The van der Waals surface area contributed by atoms with E-state index in [4.69, 9.17) is 0 Å². The molecule has 0 radical (unpaired) electrons. The Hall–Kier alpha value is -2.26. The Morgan fingerprint density at radius 3 is 2.13 bits per heavy atom. The van der Waals surface area contributed by atoms with E-state index in [0.29, 0.717) is 31.5 Å². The number of hydrogen-bond donors (Lipinski definition) is 1. The minimum Gasteiger partial charge on any atom is -0.343 e. The molecule has 8 nitrogen and oxygen atoms in total. The van der Waals surface area contributed by atoms with Gasteiger partial charge in [-0.05, 0) is 44.7 Å². The highest BCUT2D eigenvalue weighted by molar-refractivity contribution is 7.89. The highest BCUT2D eigenvalue weighted by Crippen LogP contribution is 2.22. The van der Waals surface area contributed by atoms with E-state index in [1.807, 2.05) is 4.90 Å². The van der Waals surface area contributed by atoms with E-state index >= 15 is 0 Å². The lowest BCUT2D eigenvalue weighted by Gasteiger charge is -2.33. The molecule has 2 aliphatic rings. The molecular weight excluding hydrogens is 406 g/mol. The van der Waals surface area contributed by atoms with Crippen LogP contribution in [0.5, 0.6) is 0 Å². The van der Waals surface area contributed by atoms with Gasteiger partial charge in [0.05, 0.1) is 4.90 Å². The van der Waals surface area contributed by atoms with Crippen LogP contribution in [0.3, 0.4) is 0 Å². The van der Waals surface area contributed by atoms with Crippen LogP contribution in [-0.4, -0.2) is 68.5 Å². The van der Waals surface area contributed by atoms with E-state index in [1.54, 1.807) is 4.90 Å². The quantitative estimate of drug-likeness (QED) is 0.653. The third-order valence-corrected chi connectivity index (χ3v) is 7.29. The minimum absolute atomic E-state index is 0.00225. The van der Waals surface area contributed by atoms with Crippen molar-refractivity contribution in [3.05, 3.63) is 29.8 Å². The molecule has 2 amide bonds. The number of benzene rings is 1. The summed E-state index contributed by atoms with van der Waals surface area (Å²) in [6.45, 7) is 4.16. The Morgan fingerprint density at radius 1 is 0.967 bits per heavy atom. The van der Waals surface area contributed by atoms with E-state index < -0.39 is 10.0 Å². The number of carbonyl (C=O) groups is 3. The fourth-order valence-electron chi connectivity index (χ4n) is 3.97. The van der Waals surface area contributed by atoms with Crippen LogP contribution in [0, 0.1) is 5.92 Å². The predicted molar refractivity (Wildman–Crippen MR) is 111 cm³/mol. The van der Waals surface area contributed by atoms with Crippen molar-refractivity contribution in [2.45, 2.75) is 43.9 Å². The van der Waals surface area contributed by atoms with E-state index in [1.165, 1.54) is 31.2 Å². The van der Waals surface area contributed by atoms with Crippen LogP contribution in [-0.2, 0) is 19.6 Å². The second kappa shape index (κ2) is 9.70. The smallest absolute Gasteiger partial charge is 0.240 e. The molecule has 2 saturated heterocycles. The van der Waals surface area contributed by atoms with Gasteiger partial charge in [-0.1, -0.05) is 12.1 Å². The van der Waals surface area contributed by atoms with Gasteiger partial charge in [0, 0.05) is 50.6 Å². The molecule has 2 aliphatic heterocycles. The number of ketones is 1. The molecule has 0 bridgehead atoms. The zero-order valence-electron chi connectivity index (χ0n) is 17.3. The van der Waals surface area contributed by atoms with Crippen molar-refractivity contribution in [1.29, 1.82) is 0 Å². The number of piperidine rings is 1. The Morgan fingerprint density at radius 2 is 1.57 bits per heavy atom. The zero-order valence-corrected chi connectivity index (χ0v) is 18.1. The monoisotopic (exact) mass is 435 g/mol. The number of rotatable bonds is 7. The number of nitrogens with one attached hydrogen (secondary N) is 1. The Bertz CT molecular complexity index is 884. The summed E-state index contributed by atoms with van der Waals surface area (Å²) < 4.78 is 27.1. The van der Waals surface area contributed by atoms with Gasteiger partial charge < -0.3 is 9.80 Å². The molecule has 164 valence electrons. The maximum atomic E-state index is 12.5. The molecule has 1 N–H and O–H groups in total. The second-order valence-electron chi connectivity index (χ2n) is 7.92. The third kappa shape index (κ3) is 5.46. The summed E-state index contributed by atoms with van der Waals surface area (Å²) in [5.74, 6) is -0.0492. The molecule has 0 saturated carbocycles. The van der Waals surface area contributed by atoms with Crippen molar-refractivity contribution in [2.75, 3.05) is 32.7 Å². The van der Waals surface area contributed by atoms with Gasteiger partial charge in [0.2, 0.25) is 21.8 Å². The first-order chi connectivity index (χ1) is 14.3. The molecule has 0 aromatic heterocycles. The van der Waals surface area contributed by atoms with Crippen molar-refractivity contribution in [3.8, 4) is 0 Å². The van der Waals surface area contributed by atoms with Gasteiger partial charge in [-0.15, -0.1) is 0 Å². The second-order valence-corrected chi connectivity index (χ2v) is 9.68. The molecule has 2 fully saturated rings. The third-order valence-electron chi connectivity index (χ3n) is 5.82. The lowest BCUT2D eigenvalue weighted by Crippen LogP contribution is -2.44. The van der Waals surface area contributed by atoms with Crippen LogP contribution >= 0.6 is 0 Å². The van der Waals surface area contributed by atoms with Gasteiger partial charge in [0.25, 0.3) is 0 Å². The van der Waals surface area contributed by atoms with Gasteiger partial charge >= 0.3 is 0 Å². The lowest BCUT2D eigenvalue weighted by molar-refractivity contribution is -0.140. The Kier molecular flexibility index (Phi) is 7.25. The standard InChI is InChI=1S/C21H29N3O5S/c1-16(25)17-4-6-19(7-5-17)30(28,29)22-11-8-20(26)23-14-9-18(10-15-23)21(27)24-12-2-3-13-24/h4-7,18,22H,2-3,8-15H2,1H3. The zero-order chi connectivity index (χ0) is 21.7. The van der Waals surface area contributed by atoms with Crippen molar-refractivity contribution in [1.82, 2.24) is 14.5 Å². The molecule has 0 aliphatic carbocycles. The number of hydrogen-bond acceptors (Lipinski definition) is 5. The Labute approximate surface area is 177 Å².